The quantitative estimate of drug-likeness (QED) is 0.674. The fourth-order valence-electron chi connectivity index (χ4n) is 1.47. The van der Waals surface area contributed by atoms with Gasteiger partial charge in [0.1, 0.15) is 4.83 Å². The number of aliphatic imine (C=N–C) groups is 1. The molecule has 84 valence electrons. The highest BCUT2D eigenvalue weighted by Crippen LogP contribution is 2.40. The maximum atomic E-state index is 12.6. The second-order valence-electron chi connectivity index (χ2n) is 3.24. The smallest absolute Gasteiger partial charge is 0.292 e. The van der Waals surface area contributed by atoms with Crippen molar-refractivity contribution in [1.29, 1.82) is 0 Å². The number of nitrogens with zero attached hydrogens (tertiary/aromatic N) is 1. The van der Waals surface area contributed by atoms with Gasteiger partial charge in [0.2, 0.25) is 0 Å². The summed E-state index contributed by atoms with van der Waals surface area (Å²) in [6, 6.07) is 3.47. The Kier molecular flexibility index (Phi) is 2.61. The van der Waals surface area contributed by atoms with Gasteiger partial charge in [0.25, 0.3) is 0 Å². The third-order valence-electron chi connectivity index (χ3n) is 2.19. The van der Waals surface area contributed by atoms with Crippen LogP contribution in [0, 0.1) is 0 Å². The summed E-state index contributed by atoms with van der Waals surface area (Å²) >= 11 is 3.02. The fraction of sp³-hybridized carbons (Fsp3) is 0.200. The summed E-state index contributed by atoms with van der Waals surface area (Å²) in [4.78, 5) is 14.6. The van der Waals surface area contributed by atoms with Gasteiger partial charge in [-0.1, -0.05) is 22.0 Å². The van der Waals surface area contributed by atoms with E-state index in [0.29, 0.717) is 0 Å². The van der Waals surface area contributed by atoms with E-state index in [9.17, 15) is 18.0 Å². The van der Waals surface area contributed by atoms with E-state index in [0.717, 1.165) is 6.07 Å². The van der Waals surface area contributed by atoms with Crippen LogP contribution < -0.4 is 0 Å². The number of carbonyl (C=O) groups excluding carboxylic acids is 1. The van der Waals surface area contributed by atoms with Crippen LogP contribution in [-0.2, 0) is 6.18 Å². The summed E-state index contributed by atoms with van der Waals surface area (Å²) < 4.78 is 37.8. The molecule has 1 aromatic rings. The van der Waals surface area contributed by atoms with Crippen LogP contribution in [0.1, 0.15) is 15.9 Å². The van der Waals surface area contributed by atoms with Gasteiger partial charge in [0.05, 0.1) is 11.3 Å². The number of benzene rings is 1. The zero-order chi connectivity index (χ0) is 11.9. The Morgan fingerprint density at radius 2 is 2.00 bits per heavy atom. The van der Waals surface area contributed by atoms with Crippen LogP contribution in [-0.4, -0.2) is 16.8 Å². The Bertz CT molecular complexity index is 481. The van der Waals surface area contributed by atoms with Crippen molar-refractivity contribution >= 4 is 33.6 Å². The highest BCUT2D eigenvalue weighted by molar-refractivity contribution is 9.10. The van der Waals surface area contributed by atoms with E-state index in [4.69, 9.17) is 0 Å². The summed E-state index contributed by atoms with van der Waals surface area (Å²) in [5, 5.41) is 0. The van der Waals surface area contributed by atoms with E-state index >= 15 is 0 Å². The Labute approximate surface area is 97.3 Å². The van der Waals surface area contributed by atoms with Crippen molar-refractivity contribution in [3.63, 3.8) is 0 Å². The summed E-state index contributed by atoms with van der Waals surface area (Å²) in [5.74, 6) is -0.406. The molecular weight excluding hydrogens is 287 g/mol. The molecule has 0 aliphatic carbocycles. The molecule has 2 nitrogen and oxygen atoms in total. The fourth-order valence-corrected chi connectivity index (χ4v) is 1.83. The second kappa shape index (κ2) is 3.69. The van der Waals surface area contributed by atoms with E-state index in [1.54, 1.807) is 0 Å². The largest absolute Gasteiger partial charge is 0.418 e. The van der Waals surface area contributed by atoms with Gasteiger partial charge < -0.3 is 0 Å². The molecule has 0 N–H and O–H groups in total. The normalized spacial score (nSPS) is 19.8. The molecule has 0 aromatic heterocycles. The predicted octanol–water partition coefficient (Wildman–Crippen LogP) is 3.37. The molecule has 1 heterocycles. The van der Waals surface area contributed by atoms with E-state index < -0.39 is 22.4 Å². The van der Waals surface area contributed by atoms with Gasteiger partial charge in [0, 0.05) is 11.8 Å². The van der Waals surface area contributed by atoms with Gasteiger partial charge in [-0.3, -0.25) is 9.79 Å². The Balaban J connectivity index is 2.65. The molecular formula is C10H5BrF3NO. The zero-order valence-corrected chi connectivity index (χ0v) is 9.34. The minimum atomic E-state index is -4.50. The number of carbonyl (C=O) groups is 1. The molecule has 0 amide bonds. The van der Waals surface area contributed by atoms with E-state index in [2.05, 4.69) is 20.9 Å². The van der Waals surface area contributed by atoms with Crippen LogP contribution in [0.15, 0.2) is 23.2 Å². The summed E-state index contributed by atoms with van der Waals surface area (Å²) in [6.45, 7) is 0. The summed E-state index contributed by atoms with van der Waals surface area (Å²) in [5.41, 5.74) is -1.18. The number of hydrogen-bond acceptors (Lipinski definition) is 2. The van der Waals surface area contributed by atoms with Crippen molar-refractivity contribution in [2.45, 2.75) is 11.0 Å². The average Bonchev–Trinajstić information content (AvgIpc) is 2.21. The molecule has 0 spiro atoms. The number of hydrogen-bond donors (Lipinski definition) is 0. The summed E-state index contributed by atoms with van der Waals surface area (Å²) in [7, 11) is 0. The van der Waals surface area contributed by atoms with Crippen LogP contribution in [0.4, 0.5) is 18.9 Å². The highest BCUT2D eigenvalue weighted by atomic mass is 79.9. The molecule has 0 radical (unpaired) electrons. The van der Waals surface area contributed by atoms with Gasteiger partial charge in [-0.25, -0.2) is 0 Å². The van der Waals surface area contributed by atoms with Crippen LogP contribution in [0.3, 0.4) is 0 Å². The van der Waals surface area contributed by atoms with E-state index in [1.165, 1.54) is 18.3 Å². The van der Waals surface area contributed by atoms with Gasteiger partial charge in [-0.2, -0.15) is 13.2 Å². The molecule has 1 aliphatic heterocycles. The second-order valence-corrected chi connectivity index (χ2v) is 4.23. The molecule has 0 fully saturated rings. The number of Topliss-reactive ketones (excluding diaryl/α,β-unsaturated/α-hetero) is 1. The topological polar surface area (TPSA) is 29.4 Å². The number of halogens is 4. The van der Waals surface area contributed by atoms with Crippen molar-refractivity contribution < 1.29 is 18.0 Å². The molecule has 0 saturated carbocycles. The van der Waals surface area contributed by atoms with Crippen LogP contribution in [0.2, 0.25) is 0 Å². The molecule has 1 unspecified atom stereocenters. The highest BCUT2D eigenvalue weighted by Gasteiger charge is 2.36. The summed E-state index contributed by atoms with van der Waals surface area (Å²) in [6.07, 6.45) is -3.33. The number of ketones is 1. The Morgan fingerprint density at radius 3 is 2.62 bits per heavy atom. The predicted molar refractivity (Wildman–Crippen MR) is 56.6 cm³/mol. The standard InChI is InChI=1S/C10H5BrF3NO/c11-7-4-15-8-5(9(7)16)2-1-3-6(8)10(12,13)14/h1-4,7H. The van der Waals surface area contributed by atoms with E-state index in [1.807, 2.05) is 0 Å². The monoisotopic (exact) mass is 291 g/mol. The Hall–Kier alpha value is -1.17. The molecule has 2 rings (SSSR count). The van der Waals surface area contributed by atoms with Crippen molar-refractivity contribution in [1.82, 2.24) is 0 Å². The van der Waals surface area contributed by atoms with Crippen LogP contribution in [0.25, 0.3) is 0 Å². The molecule has 6 heteroatoms. The van der Waals surface area contributed by atoms with Crippen molar-refractivity contribution in [3.05, 3.63) is 29.3 Å². The van der Waals surface area contributed by atoms with Crippen molar-refractivity contribution in [2.24, 2.45) is 4.99 Å². The SMILES string of the molecule is O=C1c2cccc(C(F)(F)F)c2N=CC1Br. The first-order valence-corrected chi connectivity index (χ1v) is 5.25. The first kappa shape index (κ1) is 11.3. The third-order valence-corrected chi connectivity index (χ3v) is 2.84. The molecule has 1 aromatic carbocycles. The zero-order valence-electron chi connectivity index (χ0n) is 7.75. The minimum absolute atomic E-state index is 0.000741. The molecule has 0 bridgehead atoms. The van der Waals surface area contributed by atoms with Gasteiger partial charge in [0.15, 0.2) is 5.78 Å². The number of fused-ring (bicyclic) bond motifs is 1. The maximum absolute atomic E-state index is 12.6. The van der Waals surface area contributed by atoms with Gasteiger partial charge in [-0.05, 0) is 12.1 Å². The lowest BCUT2D eigenvalue weighted by Crippen LogP contribution is -2.20. The van der Waals surface area contributed by atoms with Crippen LogP contribution >= 0.6 is 15.9 Å². The average molecular weight is 292 g/mol. The third kappa shape index (κ3) is 1.77. The Morgan fingerprint density at radius 1 is 1.31 bits per heavy atom. The molecule has 1 atom stereocenters. The van der Waals surface area contributed by atoms with Gasteiger partial charge in [-0.15, -0.1) is 0 Å². The lowest BCUT2D eigenvalue weighted by molar-refractivity contribution is -0.137. The lowest BCUT2D eigenvalue weighted by atomic mass is 10.00. The van der Waals surface area contributed by atoms with Crippen molar-refractivity contribution in [2.75, 3.05) is 0 Å². The molecule has 0 saturated heterocycles. The number of rotatable bonds is 0. The van der Waals surface area contributed by atoms with Crippen LogP contribution in [0.5, 0.6) is 0 Å². The number of alkyl halides is 4. The first-order valence-electron chi connectivity index (χ1n) is 4.34. The maximum Gasteiger partial charge on any atom is 0.418 e. The number of para-hydroxylation sites is 1. The minimum Gasteiger partial charge on any atom is -0.292 e. The first-order chi connectivity index (χ1) is 7.41. The molecule has 1 aliphatic rings. The van der Waals surface area contributed by atoms with Crippen molar-refractivity contribution in [3.8, 4) is 0 Å². The van der Waals surface area contributed by atoms with E-state index in [-0.39, 0.29) is 11.3 Å². The molecule has 16 heavy (non-hydrogen) atoms. The lowest BCUT2D eigenvalue weighted by Gasteiger charge is -2.17. The van der Waals surface area contributed by atoms with Gasteiger partial charge >= 0.3 is 6.18 Å².